The zero-order chi connectivity index (χ0) is 35.8. The summed E-state index contributed by atoms with van der Waals surface area (Å²) in [6.45, 7) is 0. The van der Waals surface area contributed by atoms with Crippen LogP contribution in [0.2, 0.25) is 0 Å². The van der Waals surface area contributed by atoms with E-state index in [1.54, 1.807) is 0 Å². The first-order chi connectivity index (χ1) is 26.8. The topological polar surface area (TPSA) is 6.48 Å². The van der Waals surface area contributed by atoms with Gasteiger partial charge >= 0.3 is 0 Å². The molecule has 0 spiro atoms. The van der Waals surface area contributed by atoms with Gasteiger partial charge in [-0.15, -0.1) is 0 Å². The van der Waals surface area contributed by atoms with Crippen LogP contribution in [0.5, 0.6) is 0 Å². The van der Waals surface area contributed by atoms with Crippen LogP contribution in [0.25, 0.3) is 44.2 Å². The van der Waals surface area contributed by atoms with Gasteiger partial charge in [-0.1, -0.05) is 170 Å². The van der Waals surface area contributed by atoms with E-state index < -0.39 is 0 Å². The van der Waals surface area contributed by atoms with E-state index in [0.717, 1.165) is 17.1 Å². The number of anilines is 5. The molecule has 8 aromatic rings. The van der Waals surface area contributed by atoms with E-state index in [0.29, 0.717) is 0 Å². The van der Waals surface area contributed by atoms with Crippen LogP contribution in [0, 0.1) is 0 Å². The van der Waals surface area contributed by atoms with E-state index in [1.807, 2.05) is 0 Å². The van der Waals surface area contributed by atoms with Crippen LogP contribution < -0.4 is 9.80 Å². The lowest BCUT2D eigenvalue weighted by molar-refractivity contribution is 0.747. The highest BCUT2D eigenvalue weighted by atomic mass is 15.2. The molecule has 0 saturated heterocycles. The molecule has 8 aromatic carbocycles. The van der Waals surface area contributed by atoms with Crippen molar-refractivity contribution in [3.05, 3.63) is 224 Å². The number of para-hydroxylation sites is 2. The van der Waals surface area contributed by atoms with Gasteiger partial charge in [0, 0.05) is 34.2 Å². The van der Waals surface area contributed by atoms with Crippen molar-refractivity contribution in [3.8, 4) is 33.4 Å². The monoisotopic (exact) mass is 690 g/mol. The predicted octanol–water partition coefficient (Wildman–Crippen LogP) is 14.0. The standard InChI is InChI=1S/C52H38N2/c1-4-16-37(17-5-1)38-28-32-42(33-29-38)53(49-26-14-12-22-44(49)39-18-6-2-7-19-39)43-34-30-40(31-35-43)48-36-51-52(46-24-11-10-23-45(46)48)47-25-13-15-27-50(47)54(51)41-20-8-3-9-21-41/h1-36,47,50H. The molecular weight excluding hydrogens is 653 g/mol. The molecule has 2 aliphatic rings. The van der Waals surface area contributed by atoms with Crippen molar-refractivity contribution in [2.24, 2.45) is 0 Å². The summed E-state index contributed by atoms with van der Waals surface area (Å²) in [7, 11) is 0. The van der Waals surface area contributed by atoms with E-state index in [1.165, 1.54) is 61.1 Å². The number of hydrogen-bond acceptors (Lipinski definition) is 2. The number of rotatable bonds is 7. The molecule has 2 nitrogen and oxygen atoms in total. The maximum absolute atomic E-state index is 2.53. The molecular formula is C52H38N2. The Morgan fingerprint density at radius 2 is 0.926 bits per heavy atom. The van der Waals surface area contributed by atoms with Gasteiger partial charge in [0.25, 0.3) is 0 Å². The summed E-state index contributed by atoms with van der Waals surface area (Å²) in [5.41, 5.74) is 14.5. The molecule has 2 unspecified atom stereocenters. The largest absolute Gasteiger partial charge is 0.333 e. The average molecular weight is 691 g/mol. The zero-order valence-corrected chi connectivity index (χ0v) is 29.8. The fraction of sp³-hybridized carbons (Fsp3) is 0.0385. The normalized spacial score (nSPS) is 15.6. The van der Waals surface area contributed by atoms with E-state index in [2.05, 4.69) is 228 Å². The van der Waals surface area contributed by atoms with Crippen molar-refractivity contribution < 1.29 is 0 Å². The highest BCUT2D eigenvalue weighted by Gasteiger charge is 2.39. The van der Waals surface area contributed by atoms with Gasteiger partial charge in [0.1, 0.15) is 0 Å². The van der Waals surface area contributed by atoms with Gasteiger partial charge in [0.05, 0.1) is 11.7 Å². The fourth-order valence-electron chi connectivity index (χ4n) is 8.52. The Kier molecular flexibility index (Phi) is 8.00. The minimum Gasteiger partial charge on any atom is -0.333 e. The number of benzene rings is 8. The van der Waals surface area contributed by atoms with Crippen molar-refractivity contribution in [1.82, 2.24) is 0 Å². The van der Waals surface area contributed by atoms with Crippen LogP contribution in [-0.2, 0) is 0 Å². The van der Waals surface area contributed by atoms with Gasteiger partial charge in [-0.25, -0.2) is 0 Å². The average Bonchev–Trinajstić information content (AvgIpc) is 3.60. The second kappa shape index (κ2) is 13.6. The summed E-state index contributed by atoms with van der Waals surface area (Å²) in [5, 5.41) is 2.60. The number of fused-ring (bicyclic) bond motifs is 5. The summed E-state index contributed by atoms with van der Waals surface area (Å²) >= 11 is 0. The molecule has 1 heterocycles. The maximum atomic E-state index is 2.53. The first-order valence-electron chi connectivity index (χ1n) is 18.8. The summed E-state index contributed by atoms with van der Waals surface area (Å²) in [4.78, 5) is 4.92. The number of allylic oxidation sites excluding steroid dienone is 2. The molecule has 0 fully saturated rings. The lowest BCUT2D eigenvalue weighted by atomic mass is 9.86. The van der Waals surface area contributed by atoms with E-state index in [9.17, 15) is 0 Å². The van der Waals surface area contributed by atoms with E-state index in [-0.39, 0.29) is 12.0 Å². The third-order valence-electron chi connectivity index (χ3n) is 11.0. The molecule has 0 aromatic heterocycles. The van der Waals surface area contributed by atoms with Crippen molar-refractivity contribution >= 4 is 39.2 Å². The lowest BCUT2D eigenvalue weighted by Crippen LogP contribution is -2.28. The Bertz CT molecular complexity index is 2640. The summed E-state index contributed by atoms with van der Waals surface area (Å²) in [5.74, 6) is 0.290. The molecule has 0 saturated carbocycles. The third-order valence-corrected chi connectivity index (χ3v) is 11.0. The van der Waals surface area contributed by atoms with Gasteiger partial charge in [-0.2, -0.15) is 0 Å². The summed E-state index contributed by atoms with van der Waals surface area (Å²) in [6.07, 6.45) is 9.14. The maximum Gasteiger partial charge on any atom is 0.0629 e. The Hall–Kier alpha value is -6.90. The van der Waals surface area contributed by atoms with E-state index in [4.69, 9.17) is 0 Å². The molecule has 0 radical (unpaired) electrons. The second-order valence-electron chi connectivity index (χ2n) is 14.1. The first-order valence-corrected chi connectivity index (χ1v) is 18.8. The quantitative estimate of drug-likeness (QED) is 0.164. The second-order valence-corrected chi connectivity index (χ2v) is 14.1. The third kappa shape index (κ3) is 5.52. The lowest BCUT2D eigenvalue weighted by Gasteiger charge is -2.29. The highest BCUT2D eigenvalue weighted by Crippen LogP contribution is 2.52. The smallest absolute Gasteiger partial charge is 0.0629 e. The number of nitrogens with zero attached hydrogens (tertiary/aromatic N) is 2. The Morgan fingerprint density at radius 1 is 0.407 bits per heavy atom. The molecule has 1 aliphatic heterocycles. The predicted molar refractivity (Wildman–Crippen MR) is 228 cm³/mol. The molecule has 0 N–H and O–H groups in total. The van der Waals surface area contributed by atoms with Crippen molar-refractivity contribution in [2.75, 3.05) is 9.80 Å². The van der Waals surface area contributed by atoms with Crippen LogP contribution in [0.3, 0.4) is 0 Å². The highest BCUT2D eigenvalue weighted by molar-refractivity contribution is 6.05. The Balaban J connectivity index is 1.11. The molecule has 2 atom stereocenters. The van der Waals surface area contributed by atoms with Gasteiger partial charge < -0.3 is 9.80 Å². The molecule has 1 aliphatic carbocycles. The first kappa shape index (κ1) is 31.8. The van der Waals surface area contributed by atoms with Gasteiger partial charge in [-0.3, -0.25) is 0 Å². The molecule has 2 heteroatoms. The molecule has 256 valence electrons. The Labute approximate surface area is 317 Å². The van der Waals surface area contributed by atoms with Gasteiger partial charge in [0.2, 0.25) is 0 Å². The Morgan fingerprint density at radius 3 is 1.63 bits per heavy atom. The minimum atomic E-state index is 0.236. The molecule has 10 rings (SSSR count). The minimum absolute atomic E-state index is 0.236. The van der Waals surface area contributed by atoms with Crippen LogP contribution >= 0.6 is 0 Å². The molecule has 0 amide bonds. The molecule has 0 bridgehead atoms. The van der Waals surface area contributed by atoms with Crippen molar-refractivity contribution in [1.29, 1.82) is 0 Å². The number of hydrogen-bond donors (Lipinski definition) is 0. The van der Waals surface area contributed by atoms with Crippen LogP contribution in [0.15, 0.2) is 218 Å². The van der Waals surface area contributed by atoms with E-state index >= 15 is 0 Å². The summed E-state index contributed by atoms with van der Waals surface area (Å²) in [6, 6.07) is 70.6. The SMILES string of the molecule is C1=CC2c3c(cc(-c4ccc(N(c5ccc(-c6ccccc6)cc5)c5ccccc5-c5ccccc5)cc4)c4ccccc34)N(c3ccccc3)C2C=C1. The van der Waals surface area contributed by atoms with Crippen molar-refractivity contribution in [2.45, 2.75) is 12.0 Å². The van der Waals surface area contributed by atoms with Crippen LogP contribution in [0.1, 0.15) is 11.5 Å². The van der Waals surface area contributed by atoms with Gasteiger partial charge in [0.15, 0.2) is 0 Å². The fourth-order valence-corrected chi connectivity index (χ4v) is 8.52. The summed E-state index contributed by atoms with van der Waals surface area (Å²) < 4.78 is 0. The van der Waals surface area contributed by atoms with Crippen LogP contribution in [0.4, 0.5) is 28.4 Å². The molecule has 54 heavy (non-hydrogen) atoms. The van der Waals surface area contributed by atoms with Crippen molar-refractivity contribution in [3.63, 3.8) is 0 Å². The van der Waals surface area contributed by atoms with Gasteiger partial charge in [-0.05, 0) is 92.7 Å². The zero-order valence-electron chi connectivity index (χ0n) is 29.8. The van der Waals surface area contributed by atoms with Crippen LogP contribution in [-0.4, -0.2) is 6.04 Å².